The zero-order valence-electron chi connectivity index (χ0n) is 16.4. The van der Waals surface area contributed by atoms with Crippen LogP contribution in [0.15, 0.2) is 59.8 Å². The van der Waals surface area contributed by atoms with Crippen molar-refractivity contribution in [1.29, 1.82) is 0 Å². The summed E-state index contributed by atoms with van der Waals surface area (Å²) < 4.78 is 12.4. The van der Waals surface area contributed by atoms with E-state index in [1.807, 2.05) is 36.4 Å². The van der Waals surface area contributed by atoms with E-state index >= 15 is 0 Å². The van der Waals surface area contributed by atoms with Crippen molar-refractivity contribution in [2.75, 3.05) is 12.4 Å². The van der Waals surface area contributed by atoms with Gasteiger partial charge in [-0.15, -0.1) is 0 Å². The summed E-state index contributed by atoms with van der Waals surface area (Å²) in [4.78, 5) is 12.4. The molecule has 0 spiro atoms. The number of fused-ring (bicyclic) bond motifs is 1. The summed E-state index contributed by atoms with van der Waals surface area (Å²) >= 11 is 0. The van der Waals surface area contributed by atoms with E-state index in [0.717, 1.165) is 16.9 Å². The maximum absolute atomic E-state index is 12.4. The number of rotatable bonds is 5. The number of carbonyl (C=O) groups excluding carboxylic acids is 1. The Balaban J connectivity index is 1.59. The van der Waals surface area contributed by atoms with Gasteiger partial charge in [0.25, 0.3) is 0 Å². The van der Waals surface area contributed by atoms with Gasteiger partial charge < -0.3 is 14.8 Å². The second kappa shape index (κ2) is 7.75. The van der Waals surface area contributed by atoms with E-state index in [1.54, 1.807) is 11.6 Å². The van der Waals surface area contributed by atoms with Crippen LogP contribution < -0.4 is 10.1 Å². The number of tetrazole rings is 1. The van der Waals surface area contributed by atoms with Crippen molar-refractivity contribution >= 4 is 11.9 Å². The van der Waals surface area contributed by atoms with E-state index in [1.165, 1.54) is 12.7 Å². The first kappa shape index (κ1) is 18.7. The van der Waals surface area contributed by atoms with E-state index in [2.05, 4.69) is 39.9 Å². The molecule has 1 aromatic heterocycles. The first-order valence-corrected chi connectivity index (χ1v) is 9.19. The van der Waals surface area contributed by atoms with Crippen molar-refractivity contribution < 1.29 is 14.3 Å². The van der Waals surface area contributed by atoms with Crippen LogP contribution in [0, 0.1) is 6.92 Å². The van der Waals surface area contributed by atoms with E-state index in [9.17, 15) is 4.79 Å². The molecule has 2 heterocycles. The Bertz CT molecular complexity index is 1070. The van der Waals surface area contributed by atoms with Crippen LogP contribution in [-0.4, -0.2) is 33.3 Å². The van der Waals surface area contributed by atoms with E-state index in [0.29, 0.717) is 23.8 Å². The number of carbonyl (C=O) groups is 1. The Morgan fingerprint density at radius 2 is 1.97 bits per heavy atom. The highest BCUT2D eigenvalue weighted by Gasteiger charge is 2.34. The third-order valence-electron chi connectivity index (χ3n) is 4.80. The number of anilines is 1. The summed E-state index contributed by atoms with van der Waals surface area (Å²) in [5, 5.41) is 14.8. The largest absolute Gasteiger partial charge is 0.489 e. The number of nitrogens with zero attached hydrogens (tertiary/aromatic N) is 4. The number of aromatic nitrogens is 4. The minimum atomic E-state index is -0.487. The summed E-state index contributed by atoms with van der Waals surface area (Å²) in [5.41, 5.74) is 4.27. The Labute approximate surface area is 168 Å². The Morgan fingerprint density at radius 3 is 2.69 bits per heavy atom. The molecule has 0 aliphatic carbocycles. The van der Waals surface area contributed by atoms with Crippen LogP contribution in [0.25, 0.3) is 0 Å². The van der Waals surface area contributed by atoms with Crippen molar-refractivity contribution in [3.63, 3.8) is 0 Å². The molecular weight excluding hydrogens is 370 g/mol. The third kappa shape index (κ3) is 3.69. The Kier molecular flexibility index (Phi) is 4.99. The topological polar surface area (TPSA) is 91.2 Å². The van der Waals surface area contributed by atoms with Crippen LogP contribution in [0.5, 0.6) is 5.75 Å². The van der Waals surface area contributed by atoms with E-state index in [-0.39, 0.29) is 0 Å². The van der Waals surface area contributed by atoms with Gasteiger partial charge in [0.05, 0.1) is 12.7 Å². The zero-order chi connectivity index (χ0) is 20.4. The summed E-state index contributed by atoms with van der Waals surface area (Å²) in [6, 6.07) is 15.3. The van der Waals surface area contributed by atoms with Crippen LogP contribution in [0.4, 0.5) is 5.95 Å². The smallest absolute Gasteiger partial charge is 0.338 e. The zero-order valence-corrected chi connectivity index (χ0v) is 16.4. The number of allylic oxidation sites excluding steroid dienone is 1. The average Bonchev–Trinajstić information content (AvgIpc) is 3.19. The molecule has 2 aromatic carbocycles. The van der Waals surface area contributed by atoms with Crippen LogP contribution in [0.1, 0.15) is 29.7 Å². The van der Waals surface area contributed by atoms with Crippen molar-refractivity contribution in [1.82, 2.24) is 20.2 Å². The lowest BCUT2D eigenvalue weighted by molar-refractivity contribution is -0.136. The van der Waals surface area contributed by atoms with Gasteiger partial charge in [-0.3, -0.25) is 0 Å². The molecule has 1 aliphatic rings. The fourth-order valence-electron chi connectivity index (χ4n) is 3.41. The van der Waals surface area contributed by atoms with Crippen molar-refractivity contribution in [2.24, 2.45) is 0 Å². The lowest BCUT2D eigenvalue weighted by Crippen LogP contribution is -2.29. The fraction of sp³-hybridized carbons (Fsp3) is 0.238. The molecule has 29 heavy (non-hydrogen) atoms. The molecule has 4 rings (SSSR count). The molecule has 0 radical (unpaired) electrons. The van der Waals surface area contributed by atoms with Gasteiger partial charge in [0.2, 0.25) is 5.95 Å². The van der Waals surface area contributed by atoms with Crippen molar-refractivity contribution in [2.45, 2.75) is 26.5 Å². The highest BCUT2D eigenvalue weighted by atomic mass is 16.5. The van der Waals surface area contributed by atoms with Gasteiger partial charge in [-0.05, 0) is 47.5 Å². The van der Waals surface area contributed by atoms with Gasteiger partial charge in [-0.2, -0.15) is 4.68 Å². The maximum atomic E-state index is 12.4. The lowest BCUT2D eigenvalue weighted by Gasteiger charge is -2.27. The van der Waals surface area contributed by atoms with Gasteiger partial charge in [-0.25, -0.2) is 4.79 Å². The molecule has 1 atom stereocenters. The highest BCUT2D eigenvalue weighted by molar-refractivity contribution is 5.92. The van der Waals surface area contributed by atoms with Gasteiger partial charge >= 0.3 is 5.97 Å². The normalized spacial score (nSPS) is 15.5. The summed E-state index contributed by atoms with van der Waals surface area (Å²) in [5.74, 6) is 0.780. The molecule has 8 nitrogen and oxygen atoms in total. The monoisotopic (exact) mass is 391 g/mol. The molecule has 1 N–H and O–H groups in total. The molecule has 0 saturated heterocycles. The number of ether oxygens (including phenoxy) is 2. The van der Waals surface area contributed by atoms with Crippen LogP contribution in [0.3, 0.4) is 0 Å². The van der Waals surface area contributed by atoms with Crippen molar-refractivity contribution in [3.05, 3.63) is 76.5 Å². The third-order valence-corrected chi connectivity index (χ3v) is 4.80. The number of benzene rings is 2. The Hall–Kier alpha value is -3.68. The second-order valence-corrected chi connectivity index (χ2v) is 6.85. The molecule has 1 unspecified atom stereocenters. The van der Waals surface area contributed by atoms with E-state index in [4.69, 9.17) is 9.47 Å². The number of aryl methyl sites for hydroxylation is 1. The van der Waals surface area contributed by atoms with Gasteiger partial charge in [0, 0.05) is 5.70 Å². The van der Waals surface area contributed by atoms with Gasteiger partial charge in [0.1, 0.15) is 18.4 Å². The second-order valence-electron chi connectivity index (χ2n) is 6.85. The minimum absolute atomic E-state index is 0.430. The number of methoxy groups -OCH3 is 1. The maximum Gasteiger partial charge on any atom is 0.338 e. The summed E-state index contributed by atoms with van der Waals surface area (Å²) in [7, 11) is 1.36. The predicted molar refractivity (Wildman–Crippen MR) is 106 cm³/mol. The lowest BCUT2D eigenvalue weighted by atomic mass is 9.96. The van der Waals surface area contributed by atoms with Crippen LogP contribution in [-0.2, 0) is 16.1 Å². The van der Waals surface area contributed by atoms with Crippen LogP contribution in [0.2, 0.25) is 0 Å². The number of hydrogen-bond acceptors (Lipinski definition) is 7. The SMILES string of the molecule is COC(=O)C1=C(C)Nc2nnnn2C1c1ccc(OCc2cccc(C)c2)cc1. The van der Waals surface area contributed by atoms with Gasteiger partial charge in [-0.1, -0.05) is 47.1 Å². The molecule has 148 valence electrons. The first-order chi connectivity index (χ1) is 14.1. The number of esters is 1. The quantitative estimate of drug-likeness (QED) is 0.669. The fourth-order valence-corrected chi connectivity index (χ4v) is 3.41. The highest BCUT2D eigenvalue weighted by Crippen LogP contribution is 2.35. The number of nitrogens with one attached hydrogen (secondary N) is 1. The van der Waals surface area contributed by atoms with Crippen LogP contribution >= 0.6 is 0 Å². The molecule has 0 bridgehead atoms. The molecular formula is C21H21N5O3. The van der Waals surface area contributed by atoms with Gasteiger partial charge in [0.15, 0.2) is 0 Å². The minimum Gasteiger partial charge on any atom is -0.489 e. The summed E-state index contributed by atoms with van der Waals surface area (Å²) in [6.07, 6.45) is 0. The van der Waals surface area contributed by atoms with Crippen molar-refractivity contribution in [3.8, 4) is 5.75 Å². The molecule has 0 fully saturated rings. The molecule has 8 heteroatoms. The average molecular weight is 391 g/mol. The summed E-state index contributed by atoms with van der Waals surface area (Å²) in [6.45, 7) is 4.34. The molecule has 1 aliphatic heterocycles. The molecule has 0 amide bonds. The predicted octanol–water partition coefficient (Wildman–Crippen LogP) is 3.02. The first-order valence-electron chi connectivity index (χ1n) is 9.19. The standard InChI is InChI=1S/C21H21N5O3/c1-13-5-4-6-15(11-13)12-29-17-9-7-16(8-10-17)19-18(20(27)28-3)14(2)22-21-23-24-25-26(19)21/h4-11,19H,12H2,1-3H3,(H,22,23,25). The Morgan fingerprint density at radius 1 is 1.17 bits per heavy atom. The van der Waals surface area contributed by atoms with E-state index < -0.39 is 12.0 Å². The molecule has 0 saturated carbocycles. The number of hydrogen-bond donors (Lipinski definition) is 1. The molecule has 3 aromatic rings.